The Morgan fingerprint density at radius 1 is 1.19 bits per heavy atom. The van der Waals surface area contributed by atoms with Crippen molar-refractivity contribution in [1.82, 2.24) is 14.5 Å². The van der Waals surface area contributed by atoms with Gasteiger partial charge in [-0.05, 0) is 32.0 Å². The number of nitrogens with zero attached hydrogens (tertiary/aromatic N) is 4. The number of aryl methyl sites for hydroxylation is 1. The predicted octanol–water partition coefficient (Wildman–Crippen LogP) is 3.98. The van der Waals surface area contributed by atoms with Crippen molar-refractivity contribution >= 4 is 29.0 Å². The highest BCUT2D eigenvalue weighted by Crippen LogP contribution is 2.47. The summed E-state index contributed by atoms with van der Waals surface area (Å²) in [7, 11) is 0. The third-order valence-electron chi connectivity index (χ3n) is 6.56. The first-order valence-electron chi connectivity index (χ1n) is 10.5. The Hall–Kier alpha value is -2.61. The molecule has 1 saturated heterocycles. The SMILES string of the molecule is Cc1c(N2CCC3(CC2)Oc2cnccc2C3N)nc(C)n(-c2cccc(Cl)c2Cl)c1=O. The molecular weight excluding hydrogens is 449 g/mol. The zero-order valence-corrected chi connectivity index (χ0v) is 19.3. The summed E-state index contributed by atoms with van der Waals surface area (Å²) in [5.41, 5.74) is 8.04. The van der Waals surface area contributed by atoms with Crippen molar-refractivity contribution < 1.29 is 4.74 Å². The number of fused-ring (bicyclic) bond motifs is 1. The van der Waals surface area contributed by atoms with Crippen LogP contribution in [0.4, 0.5) is 5.82 Å². The summed E-state index contributed by atoms with van der Waals surface area (Å²) in [6, 6.07) is 6.95. The number of piperidine rings is 1. The van der Waals surface area contributed by atoms with Gasteiger partial charge in [-0.3, -0.25) is 14.3 Å². The van der Waals surface area contributed by atoms with Gasteiger partial charge in [0.2, 0.25) is 0 Å². The first kappa shape index (κ1) is 21.2. The van der Waals surface area contributed by atoms with Crippen molar-refractivity contribution in [1.29, 1.82) is 0 Å². The summed E-state index contributed by atoms with van der Waals surface area (Å²) in [5, 5.41) is 0.720. The summed E-state index contributed by atoms with van der Waals surface area (Å²) >= 11 is 12.5. The molecule has 1 aromatic carbocycles. The summed E-state index contributed by atoms with van der Waals surface area (Å²) in [4.78, 5) is 24.4. The van der Waals surface area contributed by atoms with Gasteiger partial charge < -0.3 is 15.4 Å². The molecule has 0 bridgehead atoms. The quantitative estimate of drug-likeness (QED) is 0.607. The summed E-state index contributed by atoms with van der Waals surface area (Å²) in [6.45, 7) is 4.96. The Morgan fingerprint density at radius 2 is 1.94 bits per heavy atom. The molecule has 7 nitrogen and oxygen atoms in total. The number of hydrogen-bond acceptors (Lipinski definition) is 6. The van der Waals surface area contributed by atoms with E-state index >= 15 is 0 Å². The van der Waals surface area contributed by atoms with Crippen molar-refractivity contribution in [2.24, 2.45) is 5.73 Å². The molecule has 1 fully saturated rings. The van der Waals surface area contributed by atoms with Gasteiger partial charge in [-0.15, -0.1) is 0 Å². The lowest BCUT2D eigenvalue weighted by atomic mass is 9.83. The molecule has 2 aliphatic heterocycles. The van der Waals surface area contributed by atoms with Gasteiger partial charge in [-0.25, -0.2) is 4.98 Å². The van der Waals surface area contributed by atoms with E-state index in [1.165, 1.54) is 4.57 Å². The molecule has 0 aliphatic carbocycles. The number of hydrogen-bond donors (Lipinski definition) is 1. The third kappa shape index (κ3) is 3.18. The lowest BCUT2D eigenvalue weighted by molar-refractivity contribution is 0.0428. The number of ether oxygens (including phenoxy) is 1. The minimum absolute atomic E-state index is 0.163. The monoisotopic (exact) mass is 471 g/mol. The van der Waals surface area contributed by atoms with Crippen LogP contribution in [0.3, 0.4) is 0 Å². The van der Waals surface area contributed by atoms with Crippen molar-refractivity contribution in [3.05, 3.63) is 74.0 Å². The Morgan fingerprint density at radius 3 is 2.66 bits per heavy atom. The minimum atomic E-state index is -0.450. The first-order chi connectivity index (χ1) is 15.3. The summed E-state index contributed by atoms with van der Waals surface area (Å²) in [6.07, 6.45) is 4.93. The average molecular weight is 472 g/mol. The molecule has 0 radical (unpaired) electrons. The lowest BCUT2D eigenvalue weighted by Crippen LogP contribution is -2.52. The predicted molar refractivity (Wildman–Crippen MR) is 125 cm³/mol. The zero-order chi connectivity index (χ0) is 22.6. The number of halogens is 2. The smallest absolute Gasteiger partial charge is 0.263 e. The van der Waals surface area contributed by atoms with E-state index in [1.807, 2.05) is 6.07 Å². The van der Waals surface area contributed by atoms with Crippen molar-refractivity contribution in [3.63, 3.8) is 0 Å². The van der Waals surface area contributed by atoms with Gasteiger partial charge in [0.1, 0.15) is 23.0 Å². The topological polar surface area (TPSA) is 86.3 Å². The van der Waals surface area contributed by atoms with E-state index in [2.05, 4.69) is 9.88 Å². The van der Waals surface area contributed by atoms with Crippen LogP contribution in [0.5, 0.6) is 5.75 Å². The van der Waals surface area contributed by atoms with Gasteiger partial charge in [-0.2, -0.15) is 0 Å². The fraction of sp³-hybridized carbons (Fsp3) is 0.348. The Kier molecular flexibility index (Phi) is 5.15. The molecule has 2 N–H and O–H groups in total. The lowest BCUT2D eigenvalue weighted by Gasteiger charge is -2.41. The zero-order valence-electron chi connectivity index (χ0n) is 17.8. The molecule has 1 spiro atoms. The summed E-state index contributed by atoms with van der Waals surface area (Å²) in [5.74, 6) is 1.99. The molecule has 166 valence electrons. The molecule has 5 rings (SSSR count). The second-order valence-electron chi connectivity index (χ2n) is 8.37. The normalized spacial score (nSPS) is 19.2. The van der Waals surface area contributed by atoms with Crippen LogP contribution < -0.4 is 20.9 Å². The number of pyridine rings is 1. The maximum absolute atomic E-state index is 13.3. The molecule has 9 heteroatoms. The Labute approximate surface area is 195 Å². The maximum atomic E-state index is 13.3. The van der Waals surface area contributed by atoms with Crippen LogP contribution in [-0.2, 0) is 0 Å². The van der Waals surface area contributed by atoms with Gasteiger partial charge in [0.25, 0.3) is 5.56 Å². The molecule has 3 aromatic rings. The van der Waals surface area contributed by atoms with Gasteiger partial charge in [0.15, 0.2) is 0 Å². The van der Waals surface area contributed by atoms with E-state index < -0.39 is 5.60 Å². The van der Waals surface area contributed by atoms with Crippen molar-refractivity contribution in [2.45, 2.75) is 38.3 Å². The molecule has 32 heavy (non-hydrogen) atoms. The van der Waals surface area contributed by atoms with Crippen LogP contribution in [0.15, 0.2) is 41.5 Å². The van der Waals surface area contributed by atoms with Crippen LogP contribution in [0.2, 0.25) is 10.0 Å². The fourth-order valence-electron chi connectivity index (χ4n) is 4.76. The first-order valence-corrected chi connectivity index (χ1v) is 11.3. The Bertz CT molecular complexity index is 1270. The minimum Gasteiger partial charge on any atom is -0.483 e. The van der Waals surface area contributed by atoms with Gasteiger partial charge in [-0.1, -0.05) is 29.3 Å². The highest BCUT2D eigenvalue weighted by Gasteiger charge is 2.48. The number of nitrogens with two attached hydrogens (primary N) is 1. The van der Waals surface area contributed by atoms with Crippen molar-refractivity contribution in [3.8, 4) is 11.4 Å². The number of rotatable bonds is 2. The van der Waals surface area contributed by atoms with E-state index in [0.717, 1.165) is 24.2 Å². The maximum Gasteiger partial charge on any atom is 0.263 e. The molecule has 4 heterocycles. The largest absolute Gasteiger partial charge is 0.483 e. The van der Waals surface area contributed by atoms with Gasteiger partial charge >= 0.3 is 0 Å². The molecule has 2 aliphatic rings. The average Bonchev–Trinajstić information content (AvgIpc) is 3.06. The van der Waals surface area contributed by atoms with Crippen LogP contribution in [0, 0.1) is 13.8 Å². The van der Waals surface area contributed by atoms with E-state index in [0.29, 0.717) is 46.0 Å². The van der Waals surface area contributed by atoms with Crippen LogP contribution in [-0.4, -0.2) is 33.2 Å². The van der Waals surface area contributed by atoms with Gasteiger partial charge in [0, 0.05) is 37.7 Å². The molecule has 0 amide bonds. The molecule has 1 unspecified atom stereocenters. The summed E-state index contributed by atoms with van der Waals surface area (Å²) < 4.78 is 7.80. The third-order valence-corrected chi connectivity index (χ3v) is 7.37. The second-order valence-corrected chi connectivity index (χ2v) is 9.15. The molecule has 1 atom stereocenters. The highest BCUT2D eigenvalue weighted by atomic mass is 35.5. The highest BCUT2D eigenvalue weighted by molar-refractivity contribution is 6.43. The second kappa shape index (κ2) is 7.76. The van der Waals surface area contributed by atoms with E-state index in [1.54, 1.807) is 44.4 Å². The Balaban J connectivity index is 1.44. The van der Waals surface area contributed by atoms with Crippen molar-refractivity contribution in [2.75, 3.05) is 18.0 Å². The van der Waals surface area contributed by atoms with Crippen LogP contribution in [0.25, 0.3) is 5.69 Å². The molecule has 2 aromatic heterocycles. The van der Waals surface area contributed by atoms with Gasteiger partial charge in [0.05, 0.1) is 33.5 Å². The number of anilines is 1. The van der Waals surface area contributed by atoms with Crippen LogP contribution >= 0.6 is 23.2 Å². The number of aromatic nitrogens is 3. The van der Waals surface area contributed by atoms with E-state index in [4.69, 9.17) is 38.7 Å². The molecule has 0 saturated carbocycles. The number of benzene rings is 1. The van der Waals surface area contributed by atoms with Crippen LogP contribution in [0.1, 0.15) is 35.8 Å². The molecular formula is C23H23Cl2N5O2. The standard InChI is InChI=1S/C23H23Cl2N5O2/c1-13-21(28-14(2)30(22(13)31)17-5-3-4-16(24)19(17)25)29-10-7-23(8-11-29)20(26)15-6-9-27-12-18(15)32-23/h3-6,9,12,20H,7-8,10-11,26H2,1-2H3. The van der Waals surface area contributed by atoms with E-state index in [9.17, 15) is 4.79 Å². The van der Waals surface area contributed by atoms with E-state index in [-0.39, 0.29) is 11.6 Å². The fourth-order valence-corrected chi connectivity index (χ4v) is 5.14.